The summed E-state index contributed by atoms with van der Waals surface area (Å²) in [7, 11) is 0. The predicted molar refractivity (Wildman–Crippen MR) is 43.8 cm³/mol. The maximum Gasteiger partial charge on any atom is 0.150 e. The highest BCUT2D eigenvalue weighted by Gasteiger charge is 1.90. The van der Waals surface area contributed by atoms with E-state index in [-0.39, 0.29) is 0 Å². The molecular weight excluding hydrogens is 124 g/mol. The highest BCUT2D eigenvalue weighted by molar-refractivity contribution is 5.79. The fourth-order valence-electron chi connectivity index (χ4n) is 0.648. The molecule has 0 unspecified atom stereocenters. The summed E-state index contributed by atoms with van der Waals surface area (Å²) in [5, 5.41) is 0. The van der Waals surface area contributed by atoms with Crippen molar-refractivity contribution >= 4 is 6.29 Å². The first-order chi connectivity index (χ1) is 4.76. The average molecular weight is 136 g/mol. The molecule has 0 aliphatic rings. The molecule has 0 N–H and O–H groups in total. The lowest BCUT2D eigenvalue weighted by Gasteiger charge is -1.92. The third-order valence-corrected chi connectivity index (χ3v) is 1.22. The lowest BCUT2D eigenvalue weighted by atomic mass is 10.1. The van der Waals surface area contributed by atoms with Crippen LogP contribution in [0.2, 0.25) is 0 Å². The normalized spacial score (nSPS) is 13.0. The molecule has 0 atom stereocenters. The zero-order valence-electron chi connectivity index (χ0n) is 6.42. The van der Waals surface area contributed by atoms with Crippen molar-refractivity contribution in [2.45, 2.75) is 13.8 Å². The van der Waals surface area contributed by atoms with E-state index in [9.17, 15) is 4.79 Å². The summed E-state index contributed by atoms with van der Waals surface area (Å²) in [6.07, 6.45) is 6.14. The van der Waals surface area contributed by atoms with Crippen molar-refractivity contribution in [1.29, 1.82) is 0 Å². The quantitative estimate of drug-likeness (QED) is 0.330. The Morgan fingerprint density at radius 2 is 2.10 bits per heavy atom. The van der Waals surface area contributed by atoms with Crippen molar-refractivity contribution in [2.75, 3.05) is 0 Å². The number of aldehydes is 1. The van der Waals surface area contributed by atoms with Crippen LogP contribution in [0.4, 0.5) is 0 Å². The fraction of sp³-hybridized carbons (Fsp3) is 0.222. The molecule has 0 rings (SSSR count). The Morgan fingerprint density at radius 3 is 2.40 bits per heavy atom. The molecule has 0 saturated carbocycles. The summed E-state index contributed by atoms with van der Waals surface area (Å²) in [5.41, 5.74) is 1.60. The van der Waals surface area contributed by atoms with Gasteiger partial charge < -0.3 is 0 Å². The largest absolute Gasteiger partial charge is 0.298 e. The third-order valence-electron chi connectivity index (χ3n) is 1.22. The van der Waals surface area contributed by atoms with Crippen LogP contribution in [0.5, 0.6) is 0 Å². The summed E-state index contributed by atoms with van der Waals surface area (Å²) in [5.74, 6) is 0. The van der Waals surface area contributed by atoms with Crippen molar-refractivity contribution in [3.8, 4) is 0 Å². The number of hydrogen-bond acceptors (Lipinski definition) is 1. The van der Waals surface area contributed by atoms with E-state index < -0.39 is 0 Å². The van der Waals surface area contributed by atoms with Crippen LogP contribution in [0.25, 0.3) is 0 Å². The molecule has 0 saturated heterocycles. The third kappa shape index (κ3) is 2.44. The second kappa shape index (κ2) is 4.74. The minimum atomic E-state index is 0.651. The van der Waals surface area contributed by atoms with Gasteiger partial charge in [0.25, 0.3) is 0 Å². The van der Waals surface area contributed by atoms with E-state index >= 15 is 0 Å². The van der Waals surface area contributed by atoms with Crippen molar-refractivity contribution in [3.63, 3.8) is 0 Å². The first-order valence-electron chi connectivity index (χ1n) is 3.17. The van der Waals surface area contributed by atoms with Gasteiger partial charge in [0.1, 0.15) is 6.29 Å². The molecule has 0 radical (unpaired) electrons. The van der Waals surface area contributed by atoms with Crippen LogP contribution in [-0.2, 0) is 4.79 Å². The highest BCUT2D eigenvalue weighted by atomic mass is 16.1. The molecule has 0 heterocycles. The molecule has 0 aromatic carbocycles. The predicted octanol–water partition coefficient (Wildman–Crippen LogP) is 2.26. The molecule has 0 aliphatic heterocycles. The van der Waals surface area contributed by atoms with Gasteiger partial charge in [-0.25, -0.2) is 0 Å². The Bertz CT molecular complexity index is 175. The molecule has 0 aromatic rings. The molecule has 0 amide bonds. The summed E-state index contributed by atoms with van der Waals surface area (Å²) in [6.45, 7) is 7.30. The van der Waals surface area contributed by atoms with Gasteiger partial charge in [-0.15, -0.1) is 0 Å². The molecule has 10 heavy (non-hydrogen) atoms. The number of allylic oxidation sites excluding steroid dienone is 5. The van der Waals surface area contributed by atoms with Gasteiger partial charge in [-0.2, -0.15) is 0 Å². The fourth-order valence-corrected chi connectivity index (χ4v) is 0.648. The van der Waals surface area contributed by atoms with Crippen LogP contribution in [-0.4, -0.2) is 6.29 Å². The van der Waals surface area contributed by atoms with E-state index in [4.69, 9.17) is 0 Å². The summed E-state index contributed by atoms with van der Waals surface area (Å²) in [4.78, 5) is 10.3. The van der Waals surface area contributed by atoms with E-state index in [1.165, 1.54) is 0 Å². The average Bonchev–Trinajstić information content (AvgIpc) is 1.91. The maximum absolute atomic E-state index is 10.3. The van der Waals surface area contributed by atoms with E-state index in [0.29, 0.717) is 5.57 Å². The van der Waals surface area contributed by atoms with Gasteiger partial charge in [-0.05, 0) is 19.4 Å². The van der Waals surface area contributed by atoms with E-state index in [1.54, 1.807) is 6.08 Å². The summed E-state index contributed by atoms with van der Waals surface area (Å²) >= 11 is 0. The second-order valence-electron chi connectivity index (χ2n) is 1.96. The minimum absolute atomic E-state index is 0.651. The Balaban J connectivity index is 4.58. The SMILES string of the molecule is C=C/C(C=O)=C(C)/C=C\C. The zero-order chi connectivity index (χ0) is 7.98. The van der Waals surface area contributed by atoms with Crippen LogP contribution in [0, 0.1) is 0 Å². The van der Waals surface area contributed by atoms with Crippen molar-refractivity contribution < 1.29 is 4.79 Å². The van der Waals surface area contributed by atoms with Crippen LogP contribution in [0.1, 0.15) is 13.8 Å². The molecule has 1 nitrogen and oxygen atoms in total. The van der Waals surface area contributed by atoms with Crippen LogP contribution in [0.3, 0.4) is 0 Å². The lowest BCUT2D eigenvalue weighted by molar-refractivity contribution is -0.104. The Kier molecular flexibility index (Phi) is 4.21. The van der Waals surface area contributed by atoms with Crippen LogP contribution < -0.4 is 0 Å². The van der Waals surface area contributed by atoms with Gasteiger partial charge in [-0.3, -0.25) is 4.79 Å². The molecule has 0 fully saturated rings. The van der Waals surface area contributed by atoms with E-state index in [0.717, 1.165) is 11.9 Å². The highest BCUT2D eigenvalue weighted by Crippen LogP contribution is 2.03. The van der Waals surface area contributed by atoms with Gasteiger partial charge >= 0.3 is 0 Å². The minimum Gasteiger partial charge on any atom is -0.298 e. The smallest absolute Gasteiger partial charge is 0.150 e. The first kappa shape index (κ1) is 8.89. The molecule has 0 aliphatic carbocycles. The lowest BCUT2D eigenvalue weighted by Crippen LogP contribution is -1.82. The Morgan fingerprint density at radius 1 is 1.50 bits per heavy atom. The monoisotopic (exact) mass is 136 g/mol. The van der Waals surface area contributed by atoms with Gasteiger partial charge in [0.2, 0.25) is 0 Å². The van der Waals surface area contributed by atoms with Crippen molar-refractivity contribution in [2.24, 2.45) is 0 Å². The zero-order valence-corrected chi connectivity index (χ0v) is 6.42. The van der Waals surface area contributed by atoms with Gasteiger partial charge in [0, 0.05) is 5.57 Å². The van der Waals surface area contributed by atoms with Gasteiger partial charge in [0.05, 0.1) is 0 Å². The first-order valence-corrected chi connectivity index (χ1v) is 3.17. The van der Waals surface area contributed by atoms with E-state index in [2.05, 4.69) is 6.58 Å². The van der Waals surface area contributed by atoms with Crippen molar-refractivity contribution in [1.82, 2.24) is 0 Å². The number of hydrogen-bond donors (Lipinski definition) is 0. The second-order valence-corrected chi connectivity index (χ2v) is 1.96. The molecule has 0 aromatic heterocycles. The summed E-state index contributed by atoms with van der Waals surface area (Å²) < 4.78 is 0. The van der Waals surface area contributed by atoms with E-state index in [1.807, 2.05) is 26.0 Å². The summed E-state index contributed by atoms with van der Waals surface area (Å²) in [6, 6.07) is 0. The molecule has 0 spiro atoms. The topological polar surface area (TPSA) is 17.1 Å². The number of carbonyl (C=O) groups excluding carboxylic acids is 1. The van der Waals surface area contributed by atoms with Crippen molar-refractivity contribution in [3.05, 3.63) is 36.0 Å². The Hall–Kier alpha value is -1.11. The maximum atomic E-state index is 10.3. The van der Waals surface area contributed by atoms with Crippen LogP contribution in [0.15, 0.2) is 36.0 Å². The number of rotatable bonds is 3. The standard InChI is InChI=1S/C9H12O/c1-4-6-8(3)9(5-2)7-10/h4-7H,2H2,1,3H3/b6-4-,9-8-. The number of carbonyl (C=O) groups is 1. The van der Waals surface area contributed by atoms with Gasteiger partial charge in [-0.1, -0.05) is 24.8 Å². The molecule has 1 heteroatoms. The Labute approximate surface area is 61.8 Å². The molecule has 54 valence electrons. The molecular formula is C9H12O. The van der Waals surface area contributed by atoms with Crippen LogP contribution >= 0.6 is 0 Å². The molecule has 0 bridgehead atoms. The van der Waals surface area contributed by atoms with Gasteiger partial charge in [0.15, 0.2) is 0 Å².